The minimum atomic E-state index is -0.464. The Balaban J connectivity index is 1.95. The van der Waals surface area contributed by atoms with Crippen molar-refractivity contribution in [3.63, 3.8) is 0 Å². The van der Waals surface area contributed by atoms with Crippen LogP contribution in [0.4, 0.5) is 0 Å². The Morgan fingerprint density at radius 3 is 2.57 bits per heavy atom. The van der Waals surface area contributed by atoms with Crippen LogP contribution in [0.3, 0.4) is 0 Å². The summed E-state index contributed by atoms with van der Waals surface area (Å²) in [7, 11) is 1.64. The maximum absolute atomic E-state index is 10.7. The molecule has 108 valence electrons. The zero-order valence-corrected chi connectivity index (χ0v) is 11.8. The van der Waals surface area contributed by atoms with Crippen molar-refractivity contribution in [2.24, 2.45) is 5.73 Å². The second kappa shape index (κ2) is 7.14. The molecule has 0 aliphatic heterocycles. The lowest BCUT2D eigenvalue weighted by Gasteiger charge is -2.08. The number of hydrogen-bond acceptors (Lipinski definition) is 3. The molecule has 0 radical (unpaired) electrons. The summed E-state index contributed by atoms with van der Waals surface area (Å²) < 4.78 is 10.9. The van der Waals surface area contributed by atoms with Gasteiger partial charge in [0.25, 0.3) is 0 Å². The number of nitrogens with two attached hydrogens (primary N) is 1. The van der Waals surface area contributed by atoms with Crippen molar-refractivity contribution < 1.29 is 14.3 Å². The van der Waals surface area contributed by atoms with Gasteiger partial charge in [-0.2, -0.15) is 0 Å². The van der Waals surface area contributed by atoms with Gasteiger partial charge in [-0.3, -0.25) is 4.79 Å². The van der Waals surface area contributed by atoms with E-state index in [0.717, 1.165) is 22.6 Å². The number of carbonyl (C=O) groups excluding carboxylic acids is 1. The van der Waals surface area contributed by atoms with Crippen molar-refractivity contribution in [1.82, 2.24) is 0 Å². The van der Waals surface area contributed by atoms with E-state index in [1.54, 1.807) is 13.2 Å². The van der Waals surface area contributed by atoms with Gasteiger partial charge in [-0.05, 0) is 41.5 Å². The molecule has 2 aromatic carbocycles. The molecule has 4 heteroatoms. The summed E-state index contributed by atoms with van der Waals surface area (Å²) in [5.41, 5.74) is 6.97. The van der Waals surface area contributed by atoms with Crippen LogP contribution >= 0.6 is 0 Å². The van der Waals surface area contributed by atoms with Crippen LogP contribution in [0.25, 0.3) is 6.08 Å². The quantitative estimate of drug-likeness (QED) is 0.829. The lowest BCUT2D eigenvalue weighted by molar-refractivity contribution is -0.113. The highest BCUT2D eigenvalue weighted by atomic mass is 16.5. The number of methoxy groups -OCH3 is 1. The second-order valence-corrected chi connectivity index (χ2v) is 4.44. The predicted molar refractivity (Wildman–Crippen MR) is 82.0 cm³/mol. The third-order valence-electron chi connectivity index (χ3n) is 2.86. The van der Waals surface area contributed by atoms with Gasteiger partial charge in [-0.25, -0.2) is 0 Å². The molecule has 1 amide bonds. The van der Waals surface area contributed by atoms with Crippen LogP contribution in [0.15, 0.2) is 54.6 Å². The van der Waals surface area contributed by atoms with Gasteiger partial charge < -0.3 is 15.2 Å². The number of ether oxygens (including phenoxy) is 2. The Morgan fingerprint density at radius 2 is 1.90 bits per heavy atom. The molecule has 2 N–H and O–H groups in total. The van der Waals surface area contributed by atoms with E-state index in [0.29, 0.717) is 6.61 Å². The fraction of sp³-hybridized carbons (Fsp3) is 0.118. The van der Waals surface area contributed by atoms with Crippen molar-refractivity contribution in [1.29, 1.82) is 0 Å². The van der Waals surface area contributed by atoms with Gasteiger partial charge >= 0.3 is 0 Å². The summed E-state index contributed by atoms with van der Waals surface area (Å²) in [6.45, 7) is 0.466. The van der Waals surface area contributed by atoms with Gasteiger partial charge in [0.1, 0.15) is 18.1 Å². The molecule has 0 spiro atoms. The Kier molecular flexibility index (Phi) is 4.99. The first-order chi connectivity index (χ1) is 10.2. The number of benzene rings is 2. The first-order valence-electron chi connectivity index (χ1n) is 6.50. The van der Waals surface area contributed by atoms with Crippen LogP contribution in [0, 0.1) is 0 Å². The van der Waals surface area contributed by atoms with Crippen LogP contribution in [0.1, 0.15) is 11.1 Å². The third-order valence-corrected chi connectivity index (χ3v) is 2.86. The molecule has 0 saturated heterocycles. The summed E-state index contributed by atoms with van der Waals surface area (Å²) in [5.74, 6) is 1.10. The minimum Gasteiger partial charge on any atom is -0.497 e. The fourth-order valence-electron chi connectivity index (χ4n) is 1.78. The third kappa shape index (κ3) is 4.69. The van der Waals surface area contributed by atoms with Crippen LogP contribution in [0.5, 0.6) is 11.5 Å². The molecule has 0 unspecified atom stereocenters. The van der Waals surface area contributed by atoms with Crippen LogP contribution in [-0.2, 0) is 11.4 Å². The van der Waals surface area contributed by atoms with E-state index in [9.17, 15) is 4.79 Å². The number of amides is 1. The highest BCUT2D eigenvalue weighted by Gasteiger charge is 1.98. The smallest absolute Gasteiger partial charge is 0.241 e. The molecule has 21 heavy (non-hydrogen) atoms. The summed E-state index contributed by atoms with van der Waals surface area (Å²) in [5, 5.41) is 0. The lowest BCUT2D eigenvalue weighted by Crippen LogP contribution is -2.05. The predicted octanol–water partition coefficient (Wildman–Crippen LogP) is 2.77. The molecular weight excluding hydrogens is 266 g/mol. The molecular formula is C17H17NO3. The number of hydrogen-bond donors (Lipinski definition) is 1. The van der Waals surface area contributed by atoms with E-state index in [1.165, 1.54) is 6.08 Å². The van der Waals surface area contributed by atoms with Crippen molar-refractivity contribution in [3.8, 4) is 11.5 Å². The number of rotatable bonds is 6. The lowest BCUT2D eigenvalue weighted by atomic mass is 10.2. The van der Waals surface area contributed by atoms with Gasteiger partial charge in [-0.15, -0.1) is 0 Å². The molecule has 0 aromatic heterocycles. The standard InChI is InChI=1S/C17H17NO3/c1-20-16-4-2-3-14(11-16)12-21-15-8-5-13(6-9-15)7-10-17(18)19/h2-11H,12H2,1H3,(H2,18,19). The van der Waals surface area contributed by atoms with Crippen LogP contribution in [-0.4, -0.2) is 13.0 Å². The Labute approximate surface area is 123 Å². The molecule has 2 aromatic rings. The molecule has 0 saturated carbocycles. The van der Waals surface area contributed by atoms with Crippen molar-refractivity contribution >= 4 is 12.0 Å². The monoisotopic (exact) mass is 283 g/mol. The molecule has 0 bridgehead atoms. The van der Waals surface area contributed by atoms with Gasteiger partial charge in [0, 0.05) is 6.08 Å². The SMILES string of the molecule is COc1cccc(COc2ccc(C=CC(N)=O)cc2)c1. The average Bonchev–Trinajstić information content (AvgIpc) is 2.52. The average molecular weight is 283 g/mol. The Morgan fingerprint density at radius 1 is 1.14 bits per heavy atom. The maximum atomic E-state index is 10.7. The molecule has 0 aliphatic carbocycles. The molecule has 2 rings (SSSR count). The summed E-state index contributed by atoms with van der Waals surface area (Å²) in [6.07, 6.45) is 2.99. The van der Waals surface area contributed by atoms with E-state index < -0.39 is 5.91 Å². The van der Waals surface area contributed by atoms with Crippen LogP contribution < -0.4 is 15.2 Å². The highest BCUT2D eigenvalue weighted by molar-refractivity contribution is 5.90. The number of carbonyl (C=O) groups is 1. The first kappa shape index (κ1) is 14.7. The van der Waals surface area contributed by atoms with Gasteiger partial charge in [0.05, 0.1) is 7.11 Å². The summed E-state index contributed by atoms with van der Waals surface area (Å²) in [6, 6.07) is 15.2. The Hall–Kier alpha value is -2.75. The number of primary amides is 1. The largest absolute Gasteiger partial charge is 0.497 e. The van der Waals surface area contributed by atoms with E-state index in [2.05, 4.69) is 0 Å². The molecule has 4 nitrogen and oxygen atoms in total. The van der Waals surface area contributed by atoms with Gasteiger partial charge in [0.2, 0.25) is 5.91 Å². The van der Waals surface area contributed by atoms with E-state index in [1.807, 2.05) is 48.5 Å². The van der Waals surface area contributed by atoms with Crippen molar-refractivity contribution in [3.05, 3.63) is 65.7 Å². The van der Waals surface area contributed by atoms with Crippen molar-refractivity contribution in [2.75, 3.05) is 7.11 Å². The first-order valence-corrected chi connectivity index (χ1v) is 6.50. The second-order valence-electron chi connectivity index (χ2n) is 4.44. The van der Waals surface area contributed by atoms with E-state index in [-0.39, 0.29) is 0 Å². The van der Waals surface area contributed by atoms with Gasteiger partial charge in [0.15, 0.2) is 0 Å². The van der Waals surface area contributed by atoms with Gasteiger partial charge in [-0.1, -0.05) is 24.3 Å². The molecule has 0 atom stereocenters. The summed E-state index contributed by atoms with van der Waals surface area (Å²) in [4.78, 5) is 10.7. The fourth-order valence-corrected chi connectivity index (χ4v) is 1.78. The van der Waals surface area contributed by atoms with E-state index in [4.69, 9.17) is 15.2 Å². The zero-order valence-electron chi connectivity index (χ0n) is 11.8. The minimum absolute atomic E-state index is 0.464. The van der Waals surface area contributed by atoms with Crippen LogP contribution in [0.2, 0.25) is 0 Å². The Bertz CT molecular complexity index is 633. The molecule has 0 heterocycles. The van der Waals surface area contributed by atoms with E-state index >= 15 is 0 Å². The molecule has 0 fully saturated rings. The normalized spacial score (nSPS) is 10.5. The topological polar surface area (TPSA) is 61.6 Å². The highest BCUT2D eigenvalue weighted by Crippen LogP contribution is 2.17. The maximum Gasteiger partial charge on any atom is 0.241 e. The zero-order chi connectivity index (χ0) is 15.1. The van der Waals surface area contributed by atoms with Crippen molar-refractivity contribution in [2.45, 2.75) is 6.61 Å². The molecule has 0 aliphatic rings. The summed E-state index contributed by atoms with van der Waals surface area (Å²) >= 11 is 0.